The third-order valence-corrected chi connectivity index (χ3v) is 3.48. The van der Waals surface area contributed by atoms with Gasteiger partial charge in [0.2, 0.25) is 11.8 Å². The van der Waals surface area contributed by atoms with Crippen molar-refractivity contribution in [2.24, 2.45) is 11.1 Å². The van der Waals surface area contributed by atoms with Crippen molar-refractivity contribution < 1.29 is 9.59 Å². The van der Waals surface area contributed by atoms with Gasteiger partial charge in [-0.25, -0.2) is 0 Å². The average Bonchev–Trinajstić information content (AvgIpc) is 2.49. The number of hydrogen-bond acceptors (Lipinski definition) is 4. The Kier molecular flexibility index (Phi) is 6.49. The van der Waals surface area contributed by atoms with Crippen LogP contribution in [-0.2, 0) is 16.0 Å². The summed E-state index contributed by atoms with van der Waals surface area (Å²) in [5, 5.41) is 2.60. The number of likely N-dealkylation sites (N-methyl/N-ethyl adjacent to an activating group) is 1. The van der Waals surface area contributed by atoms with Crippen molar-refractivity contribution in [2.45, 2.75) is 33.2 Å². The summed E-state index contributed by atoms with van der Waals surface area (Å²) in [6.45, 7) is 6.17. The van der Waals surface area contributed by atoms with Crippen molar-refractivity contribution in [3.8, 4) is 0 Å². The molecule has 6 nitrogen and oxygen atoms in total. The fourth-order valence-corrected chi connectivity index (χ4v) is 1.75. The van der Waals surface area contributed by atoms with E-state index in [0.717, 1.165) is 5.69 Å². The molecule has 1 aromatic rings. The molecule has 0 saturated heterocycles. The van der Waals surface area contributed by atoms with Gasteiger partial charge in [-0.2, -0.15) is 0 Å². The molecule has 0 aromatic carbocycles. The highest BCUT2D eigenvalue weighted by atomic mass is 16.2. The molecule has 0 bridgehead atoms. The Morgan fingerprint density at radius 2 is 2.05 bits per heavy atom. The van der Waals surface area contributed by atoms with E-state index in [-0.39, 0.29) is 23.8 Å². The number of aromatic nitrogens is 1. The number of nitrogens with one attached hydrogen (secondary N) is 1. The van der Waals surface area contributed by atoms with Crippen molar-refractivity contribution in [3.05, 3.63) is 30.1 Å². The number of pyridine rings is 1. The van der Waals surface area contributed by atoms with Gasteiger partial charge in [0.1, 0.15) is 0 Å². The topological polar surface area (TPSA) is 88.3 Å². The van der Waals surface area contributed by atoms with E-state index in [1.54, 1.807) is 18.1 Å². The molecular weight excluding hydrogens is 280 g/mol. The molecular formula is C16H26N4O2. The van der Waals surface area contributed by atoms with E-state index in [4.69, 9.17) is 5.73 Å². The zero-order valence-corrected chi connectivity index (χ0v) is 13.8. The first kappa shape index (κ1) is 18.1. The third-order valence-electron chi connectivity index (χ3n) is 3.48. The number of nitrogens with zero attached hydrogens (tertiary/aromatic N) is 2. The molecule has 0 aliphatic carbocycles. The molecule has 0 aliphatic rings. The summed E-state index contributed by atoms with van der Waals surface area (Å²) in [7, 11) is 1.71. The second-order valence-corrected chi connectivity index (χ2v) is 6.45. The summed E-state index contributed by atoms with van der Waals surface area (Å²) in [4.78, 5) is 29.7. The smallest absolute Gasteiger partial charge is 0.241 e. The van der Waals surface area contributed by atoms with Crippen molar-refractivity contribution in [1.82, 2.24) is 15.2 Å². The average molecular weight is 306 g/mol. The van der Waals surface area contributed by atoms with Crippen LogP contribution in [-0.4, -0.2) is 47.9 Å². The molecule has 1 atom stereocenters. The first-order chi connectivity index (χ1) is 10.2. The maximum Gasteiger partial charge on any atom is 0.241 e. The second-order valence-electron chi connectivity index (χ2n) is 6.45. The van der Waals surface area contributed by atoms with Crippen LogP contribution in [0.25, 0.3) is 0 Å². The second kappa shape index (κ2) is 7.89. The summed E-state index contributed by atoms with van der Waals surface area (Å²) < 4.78 is 0. The molecule has 2 amide bonds. The van der Waals surface area contributed by atoms with E-state index in [0.29, 0.717) is 13.0 Å². The normalized spacial score (nSPS) is 12.6. The van der Waals surface area contributed by atoms with Crippen LogP contribution in [0, 0.1) is 5.41 Å². The fourth-order valence-electron chi connectivity index (χ4n) is 1.75. The summed E-state index contributed by atoms with van der Waals surface area (Å²) in [6, 6.07) is 5.05. The zero-order chi connectivity index (χ0) is 16.8. The Morgan fingerprint density at radius 3 is 2.59 bits per heavy atom. The SMILES string of the molecule is CN(CCc1ccccn1)C(=O)CNC(=O)[C@@H](N)C(C)(C)C. The minimum Gasteiger partial charge on any atom is -0.346 e. The van der Waals surface area contributed by atoms with Crippen LogP contribution < -0.4 is 11.1 Å². The largest absolute Gasteiger partial charge is 0.346 e. The van der Waals surface area contributed by atoms with Crippen molar-refractivity contribution >= 4 is 11.8 Å². The first-order valence-electron chi connectivity index (χ1n) is 7.39. The molecule has 0 radical (unpaired) electrons. The molecule has 122 valence electrons. The standard InChI is InChI=1S/C16H26N4O2/c1-16(2,3)14(17)15(22)19-11-13(21)20(4)10-8-12-7-5-6-9-18-12/h5-7,9,14H,8,10-11,17H2,1-4H3,(H,19,22)/t14-/m1/s1. The molecule has 0 aliphatic heterocycles. The summed E-state index contributed by atoms with van der Waals surface area (Å²) in [5.74, 6) is -0.454. The highest BCUT2D eigenvalue weighted by molar-refractivity contribution is 5.87. The van der Waals surface area contributed by atoms with Gasteiger partial charge < -0.3 is 16.0 Å². The maximum absolute atomic E-state index is 12.0. The van der Waals surface area contributed by atoms with Crippen LogP contribution in [0.2, 0.25) is 0 Å². The Hall–Kier alpha value is -1.95. The van der Waals surface area contributed by atoms with Crippen LogP contribution in [0.4, 0.5) is 0 Å². The molecule has 1 rings (SSSR count). The Balaban J connectivity index is 2.37. The van der Waals surface area contributed by atoms with E-state index in [1.165, 1.54) is 0 Å². The molecule has 1 aromatic heterocycles. The predicted molar refractivity (Wildman–Crippen MR) is 86.0 cm³/mol. The number of carbonyl (C=O) groups excluding carboxylic acids is 2. The first-order valence-corrected chi connectivity index (χ1v) is 7.39. The lowest BCUT2D eigenvalue weighted by Gasteiger charge is -2.26. The quantitative estimate of drug-likeness (QED) is 0.804. The Morgan fingerprint density at radius 1 is 1.36 bits per heavy atom. The third kappa shape index (κ3) is 5.81. The number of hydrogen-bond donors (Lipinski definition) is 2. The van der Waals surface area contributed by atoms with Gasteiger partial charge in [-0.3, -0.25) is 14.6 Å². The molecule has 0 fully saturated rings. The molecule has 0 spiro atoms. The number of nitrogens with two attached hydrogens (primary N) is 1. The van der Waals surface area contributed by atoms with Crippen LogP contribution in [0.5, 0.6) is 0 Å². The number of amides is 2. The molecule has 0 unspecified atom stereocenters. The summed E-state index contributed by atoms with van der Waals surface area (Å²) in [5.41, 5.74) is 6.44. The highest BCUT2D eigenvalue weighted by Gasteiger charge is 2.27. The van der Waals surface area contributed by atoms with Crippen molar-refractivity contribution in [3.63, 3.8) is 0 Å². The minimum absolute atomic E-state index is 0.0403. The van der Waals surface area contributed by atoms with Gasteiger partial charge >= 0.3 is 0 Å². The minimum atomic E-state index is -0.640. The van der Waals surface area contributed by atoms with Gasteiger partial charge in [-0.05, 0) is 17.5 Å². The predicted octanol–water partition coefficient (Wildman–Crippen LogP) is 0.572. The summed E-state index contributed by atoms with van der Waals surface area (Å²) >= 11 is 0. The van der Waals surface area contributed by atoms with Gasteiger partial charge in [-0.15, -0.1) is 0 Å². The van der Waals surface area contributed by atoms with Crippen LogP contribution in [0.1, 0.15) is 26.5 Å². The van der Waals surface area contributed by atoms with Gasteiger partial charge in [-0.1, -0.05) is 26.8 Å². The molecule has 22 heavy (non-hydrogen) atoms. The van der Waals surface area contributed by atoms with Gasteiger partial charge in [0.25, 0.3) is 0 Å². The lowest BCUT2D eigenvalue weighted by Crippen LogP contribution is -2.50. The number of rotatable bonds is 6. The molecule has 3 N–H and O–H groups in total. The van der Waals surface area contributed by atoms with Crippen LogP contribution >= 0.6 is 0 Å². The van der Waals surface area contributed by atoms with Gasteiger partial charge in [0.15, 0.2) is 0 Å². The zero-order valence-electron chi connectivity index (χ0n) is 13.8. The van der Waals surface area contributed by atoms with Crippen LogP contribution in [0.15, 0.2) is 24.4 Å². The lowest BCUT2D eigenvalue weighted by molar-refractivity contribution is -0.132. The molecule has 1 heterocycles. The van der Waals surface area contributed by atoms with E-state index in [9.17, 15) is 9.59 Å². The fraction of sp³-hybridized carbons (Fsp3) is 0.562. The van der Waals surface area contributed by atoms with E-state index in [2.05, 4.69) is 10.3 Å². The van der Waals surface area contributed by atoms with Gasteiger partial charge in [0.05, 0.1) is 12.6 Å². The van der Waals surface area contributed by atoms with Crippen molar-refractivity contribution in [2.75, 3.05) is 20.1 Å². The Labute approximate surface area is 132 Å². The van der Waals surface area contributed by atoms with Gasteiger partial charge in [0, 0.05) is 31.9 Å². The monoisotopic (exact) mass is 306 g/mol. The summed E-state index contributed by atoms with van der Waals surface area (Å²) in [6.07, 6.45) is 2.41. The van der Waals surface area contributed by atoms with Crippen LogP contribution in [0.3, 0.4) is 0 Å². The van der Waals surface area contributed by atoms with E-state index < -0.39 is 6.04 Å². The lowest BCUT2D eigenvalue weighted by atomic mass is 9.87. The molecule has 0 saturated carbocycles. The van der Waals surface area contributed by atoms with E-state index >= 15 is 0 Å². The van der Waals surface area contributed by atoms with E-state index in [1.807, 2.05) is 39.0 Å². The number of carbonyl (C=O) groups is 2. The molecule has 6 heteroatoms. The Bertz CT molecular complexity index is 497. The highest BCUT2D eigenvalue weighted by Crippen LogP contribution is 2.16. The maximum atomic E-state index is 12.0. The van der Waals surface area contributed by atoms with Crippen molar-refractivity contribution in [1.29, 1.82) is 0 Å².